The quantitative estimate of drug-likeness (QED) is 0.243. The van der Waals surface area contributed by atoms with E-state index in [1.54, 1.807) is 19.1 Å². The lowest BCUT2D eigenvalue weighted by Crippen LogP contribution is -2.25. The van der Waals surface area contributed by atoms with E-state index in [0.717, 1.165) is 0 Å². The highest BCUT2D eigenvalue weighted by atomic mass is 19.1. The predicted molar refractivity (Wildman–Crippen MR) is 66.1 cm³/mol. The number of carbonyl (C=O) groups is 1. The first-order valence-corrected chi connectivity index (χ1v) is 5.55. The average molecular weight is 253 g/mol. The fourth-order valence-corrected chi connectivity index (χ4v) is 1.36. The van der Waals surface area contributed by atoms with E-state index in [4.69, 9.17) is 10.9 Å². The fraction of sp³-hybridized carbons (Fsp3) is 0.333. The number of amides is 1. The van der Waals surface area contributed by atoms with Crippen molar-refractivity contribution < 1.29 is 14.4 Å². The topological polar surface area (TPSA) is 87.7 Å². The van der Waals surface area contributed by atoms with Crippen molar-refractivity contribution in [2.75, 3.05) is 6.54 Å². The molecular formula is C12H16FN3O2. The number of nitrogens with two attached hydrogens (primary N) is 1. The van der Waals surface area contributed by atoms with Crippen molar-refractivity contribution >= 4 is 11.7 Å². The first-order chi connectivity index (χ1) is 8.54. The minimum absolute atomic E-state index is 0.116. The lowest BCUT2D eigenvalue weighted by molar-refractivity contribution is 0.0953. The Hall–Kier alpha value is -2.11. The van der Waals surface area contributed by atoms with Crippen molar-refractivity contribution in [3.05, 3.63) is 35.1 Å². The van der Waals surface area contributed by atoms with Crippen LogP contribution in [0.5, 0.6) is 0 Å². The Morgan fingerprint density at radius 3 is 2.89 bits per heavy atom. The van der Waals surface area contributed by atoms with Gasteiger partial charge in [-0.2, -0.15) is 0 Å². The van der Waals surface area contributed by atoms with Gasteiger partial charge >= 0.3 is 0 Å². The second-order valence-corrected chi connectivity index (χ2v) is 3.91. The standard InChI is InChI=1S/C12H16FN3O2/c1-8-4-5-9(7-10(8)13)12(17)15-6-2-3-11(14)16-18/h4-5,7,18H,2-3,6H2,1H3,(H2,14,16)(H,15,17). The molecule has 0 spiro atoms. The minimum Gasteiger partial charge on any atom is -0.409 e. The zero-order chi connectivity index (χ0) is 13.5. The molecule has 0 atom stereocenters. The van der Waals surface area contributed by atoms with Gasteiger partial charge in [-0.1, -0.05) is 11.2 Å². The average Bonchev–Trinajstić information content (AvgIpc) is 2.37. The van der Waals surface area contributed by atoms with Gasteiger partial charge in [-0.25, -0.2) is 4.39 Å². The molecule has 0 bridgehead atoms. The molecule has 0 radical (unpaired) electrons. The summed E-state index contributed by atoms with van der Waals surface area (Å²) in [6.07, 6.45) is 0.939. The van der Waals surface area contributed by atoms with Gasteiger partial charge < -0.3 is 16.3 Å². The molecule has 1 aromatic rings. The molecule has 98 valence electrons. The van der Waals surface area contributed by atoms with Crippen LogP contribution >= 0.6 is 0 Å². The summed E-state index contributed by atoms with van der Waals surface area (Å²) in [6.45, 7) is 2.01. The largest absolute Gasteiger partial charge is 0.409 e. The van der Waals surface area contributed by atoms with E-state index in [1.807, 2.05) is 0 Å². The van der Waals surface area contributed by atoms with Gasteiger partial charge in [-0.15, -0.1) is 0 Å². The van der Waals surface area contributed by atoms with Crippen LogP contribution in [-0.4, -0.2) is 23.5 Å². The highest BCUT2D eigenvalue weighted by molar-refractivity contribution is 5.94. The number of nitrogens with one attached hydrogen (secondary N) is 1. The molecule has 5 nitrogen and oxygen atoms in total. The Kier molecular flexibility index (Phi) is 5.10. The second kappa shape index (κ2) is 6.58. The van der Waals surface area contributed by atoms with Crippen molar-refractivity contribution in [3.8, 4) is 0 Å². The number of aryl methyl sites for hydroxylation is 1. The molecule has 0 aromatic heterocycles. The molecule has 0 aliphatic heterocycles. The van der Waals surface area contributed by atoms with Crippen LogP contribution in [0, 0.1) is 12.7 Å². The highest BCUT2D eigenvalue weighted by Crippen LogP contribution is 2.08. The molecule has 1 amide bonds. The summed E-state index contributed by atoms with van der Waals surface area (Å²) >= 11 is 0. The number of benzene rings is 1. The van der Waals surface area contributed by atoms with E-state index in [0.29, 0.717) is 24.9 Å². The molecule has 0 saturated carbocycles. The normalized spacial score (nSPS) is 11.3. The summed E-state index contributed by atoms with van der Waals surface area (Å²) in [7, 11) is 0. The van der Waals surface area contributed by atoms with Gasteiger partial charge in [0.2, 0.25) is 0 Å². The number of hydrogen-bond acceptors (Lipinski definition) is 3. The maximum atomic E-state index is 13.2. The molecule has 6 heteroatoms. The van der Waals surface area contributed by atoms with E-state index in [1.165, 1.54) is 6.07 Å². The summed E-state index contributed by atoms with van der Waals surface area (Å²) in [4.78, 5) is 11.6. The van der Waals surface area contributed by atoms with Gasteiger partial charge in [0.15, 0.2) is 0 Å². The molecule has 0 fully saturated rings. The number of amidine groups is 1. The monoisotopic (exact) mass is 253 g/mol. The Balaban J connectivity index is 2.43. The van der Waals surface area contributed by atoms with E-state index in [2.05, 4.69) is 10.5 Å². The van der Waals surface area contributed by atoms with Crippen LogP contribution in [0.1, 0.15) is 28.8 Å². The van der Waals surface area contributed by atoms with Gasteiger partial charge in [0.05, 0.1) is 0 Å². The maximum Gasteiger partial charge on any atom is 0.251 e. The second-order valence-electron chi connectivity index (χ2n) is 3.91. The fourth-order valence-electron chi connectivity index (χ4n) is 1.36. The number of halogens is 1. The van der Waals surface area contributed by atoms with Gasteiger partial charge in [0, 0.05) is 18.5 Å². The Morgan fingerprint density at radius 1 is 1.56 bits per heavy atom. The predicted octanol–water partition coefficient (Wildman–Crippen LogP) is 1.39. The number of nitrogens with zero attached hydrogens (tertiary/aromatic N) is 1. The summed E-state index contributed by atoms with van der Waals surface area (Å²) in [5.74, 6) is -0.627. The van der Waals surface area contributed by atoms with Crippen LogP contribution < -0.4 is 11.1 Å². The Bertz CT molecular complexity index is 461. The van der Waals surface area contributed by atoms with Crippen molar-refractivity contribution in [2.24, 2.45) is 10.9 Å². The van der Waals surface area contributed by atoms with E-state index < -0.39 is 5.82 Å². The molecule has 4 N–H and O–H groups in total. The summed E-state index contributed by atoms with van der Waals surface area (Å²) in [6, 6.07) is 4.33. The van der Waals surface area contributed by atoms with Gasteiger partial charge in [-0.3, -0.25) is 4.79 Å². The molecule has 0 saturated heterocycles. The highest BCUT2D eigenvalue weighted by Gasteiger charge is 2.07. The first kappa shape index (κ1) is 14.0. The van der Waals surface area contributed by atoms with Crippen LogP contribution in [0.4, 0.5) is 4.39 Å². The summed E-state index contributed by atoms with van der Waals surface area (Å²) in [5.41, 5.74) is 6.05. The zero-order valence-corrected chi connectivity index (χ0v) is 10.1. The van der Waals surface area contributed by atoms with Crippen LogP contribution in [0.15, 0.2) is 23.4 Å². The van der Waals surface area contributed by atoms with Crippen molar-refractivity contribution in [3.63, 3.8) is 0 Å². The minimum atomic E-state index is -0.403. The number of hydrogen-bond donors (Lipinski definition) is 3. The van der Waals surface area contributed by atoms with Gasteiger partial charge in [0.25, 0.3) is 5.91 Å². The Labute approximate surface area is 104 Å². The third-order valence-electron chi connectivity index (χ3n) is 2.46. The third kappa shape index (κ3) is 4.04. The maximum absolute atomic E-state index is 13.2. The van der Waals surface area contributed by atoms with Crippen molar-refractivity contribution in [1.29, 1.82) is 0 Å². The summed E-state index contributed by atoms with van der Waals surface area (Å²) < 4.78 is 13.2. The van der Waals surface area contributed by atoms with E-state index >= 15 is 0 Å². The zero-order valence-electron chi connectivity index (χ0n) is 10.1. The van der Waals surface area contributed by atoms with Crippen molar-refractivity contribution in [2.45, 2.75) is 19.8 Å². The number of carbonyl (C=O) groups excluding carboxylic acids is 1. The lowest BCUT2D eigenvalue weighted by atomic mass is 10.1. The van der Waals surface area contributed by atoms with E-state index in [-0.39, 0.29) is 17.3 Å². The first-order valence-electron chi connectivity index (χ1n) is 5.55. The summed E-state index contributed by atoms with van der Waals surface area (Å²) in [5, 5.41) is 13.8. The molecule has 1 rings (SSSR count). The molecule has 0 unspecified atom stereocenters. The van der Waals surface area contributed by atoms with Crippen LogP contribution in [0.2, 0.25) is 0 Å². The lowest BCUT2D eigenvalue weighted by Gasteiger charge is -2.05. The number of rotatable bonds is 5. The molecule has 18 heavy (non-hydrogen) atoms. The SMILES string of the molecule is Cc1ccc(C(=O)NCCCC(N)=NO)cc1F. The van der Waals surface area contributed by atoms with Crippen LogP contribution in [0.3, 0.4) is 0 Å². The number of oxime groups is 1. The molecule has 0 aliphatic carbocycles. The van der Waals surface area contributed by atoms with E-state index in [9.17, 15) is 9.18 Å². The third-order valence-corrected chi connectivity index (χ3v) is 2.46. The molecule has 1 aromatic carbocycles. The van der Waals surface area contributed by atoms with Crippen molar-refractivity contribution in [1.82, 2.24) is 5.32 Å². The van der Waals surface area contributed by atoms with Gasteiger partial charge in [0.1, 0.15) is 11.7 Å². The molecule has 0 aliphatic rings. The van der Waals surface area contributed by atoms with Gasteiger partial charge in [-0.05, 0) is 31.0 Å². The molecular weight excluding hydrogens is 237 g/mol. The molecule has 0 heterocycles. The Morgan fingerprint density at radius 2 is 2.28 bits per heavy atom. The van der Waals surface area contributed by atoms with Crippen LogP contribution in [-0.2, 0) is 0 Å². The van der Waals surface area contributed by atoms with Crippen LogP contribution in [0.25, 0.3) is 0 Å². The smallest absolute Gasteiger partial charge is 0.251 e.